The number of methoxy groups -OCH3 is 1. The molecule has 2 heterocycles. The van der Waals surface area contributed by atoms with Gasteiger partial charge < -0.3 is 14.7 Å². The van der Waals surface area contributed by atoms with E-state index in [0.717, 1.165) is 18.9 Å². The minimum atomic E-state index is -1.02. The van der Waals surface area contributed by atoms with Crippen LogP contribution in [-0.2, 0) is 9.53 Å². The number of carbonyl (C=O) groups is 2. The molecule has 0 spiro atoms. The van der Waals surface area contributed by atoms with E-state index in [2.05, 4.69) is 0 Å². The maximum atomic E-state index is 12.4. The van der Waals surface area contributed by atoms with Crippen LogP contribution < -0.4 is 0 Å². The molecule has 0 radical (unpaired) electrons. The molecule has 1 aliphatic rings. The number of ether oxygens (including phenoxy) is 1. The van der Waals surface area contributed by atoms with Crippen LogP contribution in [0.15, 0.2) is 17.5 Å². The number of aliphatic carboxylic acids is 1. The third-order valence-corrected chi connectivity index (χ3v) is 4.28. The zero-order valence-electron chi connectivity index (χ0n) is 11.2. The van der Waals surface area contributed by atoms with Gasteiger partial charge in [-0.25, -0.2) is 4.79 Å². The lowest BCUT2D eigenvalue weighted by Gasteiger charge is -2.31. The lowest BCUT2D eigenvalue weighted by Crippen LogP contribution is -2.40. The maximum absolute atomic E-state index is 12.4. The Morgan fingerprint density at radius 2 is 2.15 bits per heavy atom. The van der Waals surface area contributed by atoms with Crippen molar-refractivity contribution in [3.05, 3.63) is 28.0 Å². The van der Waals surface area contributed by atoms with Gasteiger partial charge in [0.2, 0.25) is 0 Å². The van der Waals surface area contributed by atoms with Crippen molar-refractivity contribution in [1.29, 1.82) is 0 Å². The van der Waals surface area contributed by atoms with Crippen LogP contribution in [-0.4, -0.2) is 48.2 Å². The number of amides is 1. The molecule has 1 fully saturated rings. The van der Waals surface area contributed by atoms with E-state index in [1.165, 1.54) is 17.4 Å². The molecule has 1 amide bonds. The molecule has 20 heavy (non-hydrogen) atoms. The number of hydrogen-bond acceptors (Lipinski definition) is 4. The van der Waals surface area contributed by atoms with Crippen LogP contribution in [0.4, 0.5) is 0 Å². The predicted molar refractivity (Wildman–Crippen MR) is 76.9 cm³/mol. The first-order chi connectivity index (χ1) is 9.61. The van der Waals surface area contributed by atoms with Gasteiger partial charge in [-0.2, -0.15) is 0 Å². The Kier molecular flexibility index (Phi) is 4.92. The fourth-order valence-electron chi connectivity index (χ4n) is 2.22. The van der Waals surface area contributed by atoms with Gasteiger partial charge in [-0.1, -0.05) is 0 Å². The molecule has 0 aromatic carbocycles. The van der Waals surface area contributed by atoms with E-state index in [0.29, 0.717) is 23.5 Å². The van der Waals surface area contributed by atoms with E-state index in [1.54, 1.807) is 23.5 Å². The monoisotopic (exact) mass is 295 g/mol. The Labute approximate surface area is 121 Å². The van der Waals surface area contributed by atoms with Crippen molar-refractivity contribution in [2.24, 2.45) is 0 Å². The number of likely N-dealkylation sites (tertiary alicyclic amines) is 1. The van der Waals surface area contributed by atoms with Crippen LogP contribution in [0.3, 0.4) is 0 Å². The average Bonchev–Trinajstić information content (AvgIpc) is 2.93. The molecule has 6 heteroatoms. The van der Waals surface area contributed by atoms with Gasteiger partial charge in [0, 0.05) is 26.3 Å². The summed E-state index contributed by atoms with van der Waals surface area (Å²) in [6, 6.07) is 1.76. The summed E-state index contributed by atoms with van der Waals surface area (Å²) in [7, 11) is 1.69. The van der Waals surface area contributed by atoms with Gasteiger partial charge in [-0.15, -0.1) is 11.3 Å². The molecule has 1 saturated heterocycles. The Morgan fingerprint density at radius 1 is 1.45 bits per heavy atom. The number of piperidine rings is 1. The summed E-state index contributed by atoms with van der Waals surface area (Å²) in [5, 5.41) is 10.5. The van der Waals surface area contributed by atoms with E-state index < -0.39 is 5.97 Å². The van der Waals surface area contributed by atoms with Crippen molar-refractivity contribution in [2.45, 2.75) is 18.9 Å². The highest BCUT2D eigenvalue weighted by molar-refractivity contribution is 7.12. The lowest BCUT2D eigenvalue weighted by molar-refractivity contribution is -0.131. The molecule has 1 aromatic rings. The van der Waals surface area contributed by atoms with Gasteiger partial charge >= 0.3 is 5.97 Å². The fourth-order valence-corrected chi connectivity index (χ4v) is 3.08. The summed E-state index contributed by atoms with van der Waals surface area (Å²) in [5.41, 5.74) is 0.663. The summed E-state index contributed by atoms with van der Waals surface area (Å²) in [4.78, 5) is 25.4. The summed E-state index contributed by atoms with van der Waals surface area (Å²) in [6.07, 6.45) is 4.43. The van der Waals surface area contributed by atoms with Gasteiger partial charge in [0.1, 0.15) is 0 Å². The molecule has 108 valence electrons. The van der Waals surface area contributed by atoms with Gasteiger partial charge in [0.05, 0.1) is 11.0 Å². The molecule has 1 aromatic heterocycles. The highest BCUT2D eigenvalue weighted by Gasteiger charge is 2.25. The van der Waals surface area contributed by atoms with Crippen molar-refractivity contribution in [1.82, 2.24) is 4.90 Å². The largest absolute Gasteiger partial charge is 0.478 e. The van der Waals surface area contributed by atoms with E-state index in [-0.39, 0.29) is 12.0 Å². The lowest BCUT2D eigenvalue weighted by atomic mass is 10.1. The molecule has 0 bridgehead atoms. The number of carboxylic acid groups (broad SMARTS) is 1. The molecule has 0 unspecified atom stereocenters. The SMILES string of the molecule is COC1CCN(C(=O)c2sccc2C=CC(=O)O)CC1. The van der Waals surface area contributed by atoms with Gasteiger partial charge in [0.25, 0.3) is 5.91 Å². The Bertz CT molecular complexity index is 515. The maximum Gasteiger partial charge on any atom is 0.328 e. The average molecular weight is 295 g/mol. The summed E-state index contributed by atoms with van der Waals surface area (Å²) in [5.74, 6) is -1.05. The van der Waals surface area contributed by atoms with Crippen molar-refractivity contribution in [2.75, 3.05) is 20.2 Å². The first-order valence-corrected chi connectivity index (χ1v) is 7.30. The quantitative estimate of drug-likeness (QED) is 0.864. The second-order valence-electron chi connectivity index (χ2n) is 4.60. The molecule has 2 rings (SSSR count). The van der Waals surface area contributed by atoms with Gasteiger partial charge in [0.15, 0.2) is 0 Å². The number of rotatable bonds is 4. The Hall–Kier alpha value is -1.66. The number of hydrogen-bond donors (Lipinski definition) is 1. The molecule has 0 saturated carbocycles. The Balaban J connectivity index is 2.07. The van der Waals surface area contributed by atoms with E-state index in [4.69, 9.17) is 9.84 Å². The molecule has 1 aliphatic heterocycles. The summed E-state index contributed by atoms with van der Waals surface area (Å²) in [6.45, 7) is 1.36. The van der Waals surface area contributed by atoms with Crippen LogP contribution in [0.25, 0.3) is 6.08 Å². The minimum Gasteiger partial charge on any atom is -0.478 e. The Morgan fingerprint density at radius 3 is 2.75 bits per heavy atom. The molecular weight excluding hydrogens is 278 g/mol. The number of thiophene rings is 1. The highest BCUT2D eigenvalue weighted by Crippen LogP contribution is 2.23. The van der Waals surface area contributed by atoms with Crippen molar-refractivity contribution < 1.29 is 19.4 Å². The van der Waals surface area contributed by atoms with E-state index >= 15 is 0 Å². The first kappa shape index (κ1) is 14.7. The molecule has 1 N–H and O–H groups in total. The smallest absolute Gasteiger partial charge is 0.328 e. The van der Waals surface area contributed by atoms with Crippen LogP contribution in [0.1, 0.15) is 28.1 Å². The number of nitrogens with zero attached hydrogens (tertiary/aromatic N) is 1. The highest BCUT2D eigenvalue weighted by atomic mass is 32.1. The molecule has 0 atom stereocenters. The number of carboxylic acids is 1. The third kappa shape index (κ3) is 3.46. The van der Waals surface area contributed by atoms with E-state index in [9.17, 15) is 9.59 Å². The molecule has 0 aliphatic carbocycles. The zero-order chi connectivity index (χ0) is 14.5. The molecule has 5 nitrogen and oxygen atoms in total. The standard InChI is InChI=1S/C14H17NO4S/c1-19-11-4-7-15(8-5-11)14(18)13-10(6-9-20-13)2-3-12(16)17/h2-3,6,9,11H,4-5,7-8H2,1H3,(H,16,17). The normalized spacial score (nSPS) is 16.8. The molecular formula is C14H17NO4S. The van der Waals surface area contributed by atoms with Crippen molar-refractivity contribution in [3.8, 4) is 0 Å². The topological polar surface area (TPSA) is 66.8 Å². The predicted octanol–water partition coefficient (Wildman–Crippen LogP) is 2.10. The summed E-state index contributed by atoms with van der Waals surface area (Å²) >= 11 is 1.34. The van der Waals surface area contributed by atoms with Crippen LogP contribution in [0, 0.1) is 0 Å². The second-order valence-corrected chi connectivity index (χ2v) is 5.52. The van der Waals surface area contributed by atoms with Crippen molar-refractivity contribution in [3.63, 3.8) is 0 Å². The first-order valence-electron chi connectivity index (χ1n) is 6.42. The fraction of sp³-hybridized carbons (Fsp3) is 0.429. The van der Waals surface area contributed by atoms with Crippen LogP contribution in [0.5, 0.6) is 0 Å². The van der Waals surface area contributed by atoms with E-state index in [1.807, 2.05) is 0 Å². The zero-order valence-corrected chi connectivity index (χ0v) is 12.1. The number of carbonyl (C=O) groups excluding carboxylic acids is 1. The van der Waals surface area contributed by atoms with Crippen LogP contribution in [0.2, 0.25) is 0 Å². The minimum absolute atomic E-state index is 0.0282. The van der Waals surface area contributed by atoms with Crippen molar-refractivity contribution >= 4 is 29.3 Å². The summed E-state index contributed by atoms with van der Waals surface area (Å²) < 4.78 is 5.29. The third-order valence-electron chi connectivity index (χ3n) is 3.36. The van der Waals surface area contributed by atoms with Gasteiger partial charge in [-0.3, -0.25) is 4.79 Å². The van der Waals surface area contributed by atoms with Crippen LogP contribution >= 0.6 is 11.3 Å². The van der Waals surface area contributed by atoms with Gasteiger partial charge in [-0.05, 0) is 35.9 Å². The second kappa shape index (κ2) is 6.67.